The fourth-order valence-corrected chi connectivity index (χ4v) is 4.34. The maximum atomic E-state index is 12.9. The Bertz CT molecular complexity index is 1190. The maximum Gasteiger partial charge on any atom is 0.367 e. The number of benzene rings is 3. The van der Waals surface area contributed by atoms with Gasteiger partial charge in [-0.05, 0) is 54.8 Å². The molecule has 0 aliphatic rings. The minimum atomic E-state index is -3.12. The molecule has 8 heteroatoms. The van der Waals surface area contributed by atoms with Gasteiger partial charge in [-0.15, -0.1) is 0 Å². The van der Waals surface area contributed by atoms with Gasteiger partial charge in [-0.2, -0.15) is 0 Å². The highest BCUT2D eigenvalue weighted by atomic mass is 32.2. The van der Waals surface area contributed by atoms with E-state index >= 15 is 0 Å². The molecular weight excluding hydrogens is 446 g/mol. The van der Waals surface area contributed by atoms with E-state index in [1.807, 2.05) is 61.5 Å². The molecule has 3 aromatic carbocycles. The van der Waals surface area contributed by atoms with Crippen LogP contribution in [0.3, 0.4) is 0 Å². The van der Waals surface area contributed by atoms with Crippen LogP contribution in [0.5, 0.6) is 11.5 Å². The number of rotatable bonds is 7. The maximum absolute atomic E-state index is 12.9. The van der Waals surface area contributed by atoms with Gasteiger partial charge in [0.05, 0.1) is 12.9 Å². The van der Waals surface area contributed by atoms with E-state index < -0.39 is 15.8 Å². The summed E-state index contributed by atoms with van der Waals surface area (Å²) in [4.78, 5) is 12.9. The minimum absolute atomic E-state index is 0.00780. The fourth-order valence-electron chi connectivity index (χ4n) is 2.61. The van der Waals surface area contributed by atoms with Gasteiger partial charge in [0.1, 0.15) is 21.3 Å². The molecule has 6 nitrogen and oxygen atoms in total. The zero-order valence-electron chi connectivity index (χ0n) is 17.7. The first-order valence-electron chi connectivity index (χ1n) is 9.61. The molecule has 0 saturated heterocycles. The van der Waals surface area contributed by atoms with E-state index in [1.165, 1.54) is 7.11 Å². The molecule has 0 spiro atoms. The lowest BCUT2D eigenvalue weighted by Crippen LogP contribution is -2.14. The molecule has 0 aliphatic heterocycles. The van der Waals surface area contributed by atoms with Crippen LogP contribution in [0.4, 0.5) is 0 Å². The Morgan fingerprint density at radius 3 is 2.38 bits per heavy atom. The van der Waals surface area contributed by atoms with E-state index in [2.05, 4.69) is 11.0 Å². The van der Waals surface area contributed by atoms with Gasteiger partial charge in [0.25, 0.3) is 0 Å². The summed E-state index contributed by atoms with van der Waals surface area (Å²) in [6.07, 6.45) is 0. The van der Waals surface area contributed by atoms with Crippen molar-refractivity contribution in [1.82, 2.24) is 0 Å². The summed E-state index contributed by atoms with van der Waals surface area (Å²) in [6.45, 7) is 1.96. The standard InChI is InChI=1S/C24H23NO5S2/c1-18-12-14-22(15-13-18)31-23(24(26)28-2)25-30-32(3,27)17-19-8-7-11-21(16-19)29-20-9-5-4-6-10-20/h4-16H,3,17H2,1-2H3/b25-23-. The van der Waals surface area contributed by atoms with Crippen LogP contribution in [0.25, 0.3) is 0 Å². The first-order chi connectivity index (χ1) is 15.3. The molecular formula is C24H23NO5S2. The van der Waals surface area contributed by atoms with Crippen LogP contribution >= 0.6 is 11.8 Å². The van der Waals surface area contributed by atoms with E-state index in [4.69, 9.17) is 13.8 Å². The second kappa shape index (κ2) is 10.9. The van der Waals surface area contributed by atoms with E-state index in [9.17, 15) is 9.00 Å². The first kappa shape index (κ1) is 23.4. The molecule has 0 bridgehead atoms. The van der Waals surface area contributed by atoms with Crippen LogP contribution in [0.1, 0.15) is 11.1 Å². The Labute approximate surface area is 192 Å². The molecule has 3 rings (SSSR count). The highest BCUT2D eigenvalue weighted by Gasteiger charge is 2.17. The predicted molar refractivity (Wildman–Crippen MR) is 129 cm³/mol. The highest BCUT2D eigenvalue weighted by Crippen LogP contribution is 2.24. The van der Waals surface area contributed by atoms with Gasteiger partial charge < -0.3 is 13.8 Å². The first-order valence-corrected chi connectivity index (χ1v) is 12.2. The molecule has 0 heterocycles. The molecule has 0 saturated carbocycles. The smallest absolute Gasteiger partial charge is 0.367 e. The Balaban J connectivity index is 1.71. The third-order valence-electron chi connectivity index (χ3n) is 4.12. The van der Waals surface area contributed by atoms with Gasteiger partial charge in [0, 0.05) is 4.90 Å². The largest absolute Gasteiger partial charge is 0.464 e. The summed E-state index contributed by atoms with van der Waals surface area (Å²) in [5.41, 5.74) is 1.78. The quantitative estimate of drug-likeness (QED) is 0.118. The normalized spacial score (nSPS) is 13.1. The Hall–Kier alpha value is -3.23. The van der Waals surface area contributed by atoms with Crippen molar-refractivity contribution < 1.29 is 22.8 Å². The molecule has 0 amide bonds. The zero-order chi connectivity index (χ0) is 23.0. The van der Waals surface area contributed by atoms with E-state index in [0.29, 0.717) is 17.1 Å². The van der Waals surface area contributed by atoms with Crippen molar-refractivity contribution in [2.75, 3.05) is 7.11 Å². The molecule has 1 unspecified atom stereocenters. The number of hydrogen-bond donors (Lipinski definition) is 0. The van der Waals surface area contributed by atoms with Gasteiger partial charge in [-0.25, -0.2) is 9.00 Å². The van der Waals surface area contributed by atoms with Crippen molar-refractivity contribution in [1.29, 1.82) is 0 Å². The Kier molecular flexibility index (Phi) is 7.97. The lowest BCUT2D eigenvalue weighted by molar-refractivity contribution is -0.132. The SMILES string of the molecule is C=S(=O)(Cc1cccc(Oc2ccccc2)c1)O/N=C(\Sc1ccc(C)cc1)C(=O)OC. The number of thioether (sulfide) groups is 1. The molecule has 3 aromatic rings. The number of methoxy groups -OCH3 is 1. The topological polar surface area (TPSA) is 74.2 Å². The molecule has 0 aromatic heterocycles. The van der Waals surface area contributed by atoms with Crippen LogP contribution in [0.15, 0.2) is 88.9 Å². The Morgan fingerprint density at radius 2 is 1.69 bits per heavy atom. The van der Waals surface area contributed by atoms with Crippen LogP contribution in [0, 0.1) is 6.92 Å². The van der Waals surface area contributed by atoms with Gasteiger partial charge in [-0.1, -0.05) is 64.9 Å². The Morgan fingerprint density at radius 1 is 1.00 bits per heavy atom. The lowest BCUT2D eigenvalue weighted by atomic mass is 10.2. The van der Waals surface area contributed by atoms with E-state index in [-0.39, 0.29) is 10.8 Å². The summed E-state index contributed by atoms with van der Waals surface area (Å²) >= 11 is 1.06. The molecule has 0 aliphatic carbocycles. The van der Waals surface area contributed by atoms with Crippen molar-refractivity contribution >= 4 is 38.4 Å². The van der Waals surface area contributed by atoms with Gasteiger partial charge in [0.15, 0.2) is 0 Å². The number of esters is 1. The highest BCUT2D eigenvalue weighted by molar-refractivity contribution is 8.15. The average Bonchev–Trinajstić information content (AvgIpc) is 2.78. The second-order valence-electron chi connectivity index (χ2n) is 6.83. The third kappa shape index (κ3) is 7.18. The number of oxime groups is 1. The number of nitrogens with zero attached hydrogens (tertiary/aromatic N) is 1. The zero-order valence-corrected chi connectivity index (χ0v) is 19.4. The molecule has 166 valence electrons. The second-order valence-corrected chi connectivity index (χ2v) is 9.82. The average molecular weight is 470 g/mol. The summed E-state index contributed by atoms with van der Waals surface area (Å²) in [7, 11) is -1.88. The van der Waals surface area contributed by atoms with Crippen molar-refractivity contribution in [2.45, 2.75) is 17.6 Å². The summed E-state index contributed by atoms with van der Waals surface area (Å²) in [5, 5.41) is 3.73. The number of hydrogen-bond acceptors (Lipinski definition) is 7. The predicted octanol–water partition coefficient (Wildman–Crippen LogP) is 5.21. The molecule has 0 N–H and O–H groups in total. The minimum Gasteiger partial charge on any atom is -0.464 e. The monoisotopic (exact) mass is 469 g/mol. The molecule has 0 radical (unpaired) electrons. The number of carbonyl (C=O) groups excluding carboxylic acids is 1. The summed E-state index contributed by atoms with van der Waals surface area (Å²) in [5.74, 6) is 4.24. The van der Waals surface area contributed by atoms with Gasteiger partial charge in [-0.3, -0.25) is 0 Å². The van der Waals surface area contributed by atoms with E-state index in [1.54, 1.807) is 24.3 Å². The number of ether oxygens (including phenoxy) is 2. The van der Waals surface area contributed by atoms with Crippen LogP contribution in [-0.2, 0) is 29.4 Å². The van der Waals surface area contributed by atoms with Crippen molar-refractivity contribution in [3.63, 3.8) is 0 Å². The number of carbonyl (C=O) groups is 1. The van der Waals surface area contributed by atoms with Crippen molar-refractivity contribution in [3.8, 4) is 11.5 Å². The molecule has 0 fully saturated rings. The third-order valence-corrected chi connectivity index (χ3v) is 6.18. The van der Waals surface area contributed by atoms with Crippen molar-refractivity contribution in [3.05, 3.63) is 90.0 Å². The number of para-hydroxylation sites is 1. The van der Waals surface area contributed by atoms with E-state index in [0.717, 1.165) is 22.2 Å². The van der Waals surface area contributed by atoms with Crippen LogP contribution in [-0.4, -0.2) is 28.2 Å². The molecule has 32 heavy (non-hydrogen) atoms. The molecule has 1 atom stereocenters. The summed E-state index contributed by atoms with van der Waals surface area (Å²) < 4.78 is 28.7. The lowest BCUT2D eigenvalue weighted by Gasteiger charge is -2.10. The van der Waals surface area contributed by atoms with Crippen LogP contribution < -0.4 is 4.74 Å². The van der Waals surface area contributed by atoms with Gasteiger partial charge in [0.2, 0.25) is 5.04 Å². The number of aryl methyl sites for hydroxylation is 1. The van der Waals surface area contributed by atoms with Crippen molar-refractivity contribution in [2.24, 2.45) is 5.16 Å². The van der Waals surface area contributed by atoms with Gasteiger partial charge >= 0.3 is 5.97 Å². The fraction of sp³-hybridized carbons (Fsp3) is 0.125. The van der Waals surface area contributed by atoms with Crippen LogP contribution in [0.2, 0.25) is 0 Å². The summed E-state index contributed by atoms with van der Waals surface area (Å²) in [6, 6.07) is 24.0.